The maximum Gasteiger partial charge on any atom is 0.306 e. The zero-order valence-corrected chi connectivity index (χ0v) is 26.0. The summed E-state index contributed by atoms with van der Waals surface area (Å²) in [5, 5.41) is 45.9. The fourth-order valence-corrected chi connectivity index (χ4v) is 8.84. The molecule has 0 aliphatic heterocycles. The Morgan fingerprint density at radius 1 is 0.976 bits per heavy atom. The van der Waals surface area contributed by atoms with Crippen LogP contribution in [0, 0.1) is 29.1 Å². The number of unbranched alkanes of at least 4 members (excludes halogenated alkanes) is 10. The van der Waals surface area contributed by atoms with Crippen LogP contribution in [0.5, 0.6) is 0 Å². The molecule has 7 heteroatoms. The van der Waals surface area contributed by atoms with Gasteiger partial charge in [0.1, 0.15) is 11.2 Å². The molecule has 2 saturated carbocycles. The number of aliphatic hydroxyl groups is 4. The predicted molar refractivity (Wildman–Crippen MR) is 158 cm³/mol. The van der Waals surface area contributed by atoms with Gasteiger partial charge >= 0.3 is 5.97 Å². The van der Waals surface area contributed by atoms with E-state index in [1.807, 2.05) is 13.8 Å². The Labute approximate surface area is 246 Å². The summed E-state index contributed by atoms with van der Waals surface area (Å²) in [6.07, 6.45) is 15.5. The van der Waals surface area contributed by atoms with Crippen molar-refractivity contribution in [2.45, 2.75) is 141 Å². The average Bonchev–Trinajstić information content (AvgIpc) is 3.36. The summed E-state index contributed by atoms with van der Waals surface area (Å²) in [5.74, 6) is -3.60. The second-order valence-electron chi connectivity index (χ2n) is 14.1. The van der Waals surface area contributed by atoms with Gasteiger partial charge in [-0.1, -0.05) is 104 Å². The third-order valence-corrected chi connectivity index (χ3v) is 11.3. The molecule has 0 aromatic heterocycles. The molecule has 232 valence electrons. The van der Waals surface area contributed by atoms with Gasteiger partial charge in [0.05, 0.1) is 18.3 Å². The van der Waals surface area contributed by atoms with Crippen LogP contribution in [-0.4, -0.2) is 61.7 Å². The minimum absolute atomic E-state index is 0.0821. The molecule has 4 aliphatic rings. The van der Waals surface area contributed by atoms with Crippen molar-refractivity contribution < 1.29 is 34.8 Å². The van der Waals surface area contributed by atoms with Crippen LogP contribution in [-0.2, 0) is 14.3 Å². The summed E-state index contributed by atoms with van der Waals surface area (Å²) >= 11 is 0. The zero-order chi connectivity index (χ0) is 30.2. The monoisotopic (exact) mass is 574 g/mol. The molecular formula is C34H54O7. The lowest BCUT2D eigenvalue weighted by molar-refractivity contribution is -0.219. The van der Waals surface area contributed by atoms with Crippen LogP contribution in [0.3, 0.4) is 0 Å². The van der Waals surface area contributed by atoms with Gasteiger partial charge in [0, 0.05) is 41.9 Å². The number of Topliss-reactive ketones (excluding diaryl/α,β-unsaturated/α-hetero) is 1. The first kappa shape index (κ1) is 32.4. The van der Waals surface area contributed by atoms with Crippen LogP contribution >= 0.6 is 0 Å². The lowest BCUT2D eigenvalue weighted by atomic mass is 9.59. The second kappa shape index (κ2) is 12.2. The van der Waals surface area contributed by atoms with Gasteiger partial charge < -0.3 is 25.2 Å². The highest BCUT2D eigenvalue weighted by Gasteiger charge is 2.86. The summed E-state index contributed by atoms with van der Waals surface area (Å²) in [4.78, 5) is 26.2. The van der Waals surface area contributed by atoms with Crippen molar-refractivity contribution in [3.05, 3.63) is 23.3 Å². The lowest BCUT2D eigenvalue weighted by Crippen LogP contribution is -2.65. The van der Waals surface area contributed by atoms with Crippen molar-refractivity contribution in [1.29, 1.82) is 0 Å². The SMILES string of the molecule is CCCCCCCCCCCCCC(=O)O[C@]12[C@H](O)[C@@H](C)[C@@]3(O)[C@@H](C=C(CO)C[C@]4(O)C(=O)C(C)=C[C@@H]34)[C@@H]1C2(C)C. The first-order valence-electron chi connectivity index (χ1n) is 16.2. The minimum atomic E-state index is -1.89. The highest BCUT2D eigenvalue weighted by atomic mass is 16.6. The fraction of sp³-hybridized carbons (Fsp3) is 0.824. The highest BCUT2D eigenvalue weighted by molar-refractivity contribution is 6.04. The maximum atomic E-state index is 13.1. The second-order valence-corrected chi connectivity index (χ2v) is 14.1. The summed E-state index contributed by atoms with van der Waals surface area (Å²) < 4.78 is 6.19. The first-order chi connectivity index (χ1) is 19.3. The van der Waals surface area contributed by atoms with Crippen molar-refractivity contribution in [2.24, 2.45) is 29.1 Å². The largest absolute Gasteiger partial charge is 0.455 e. The molecule has 4 aliphatic carbocycles. The van der Waals surface area contributed by atoms with Crippen LogP contribution in [0.1, 0.15) is 118 Å². The number of hydrogen-bond acceptors (Lipinski definition) is 7. The van der Waals surface area contributed by atoms with E-state index >= 15 is 0 Å². The molecule has 4 rings (SSSR count). The van der Waals surface area contributed by atoms with Gasteiger partial charge in [-0.15, -0.1) is 0 Å². The van der Waals surface area contributed by atoms with Crippen molar-refractivity contribution >= 4 is 11.8 Å². The molecule has 4 N–H and O–H groups in total. The number of fused-ring (bicyclic) bond motifs is 5. The Balaban J connectivity index is 1.41. The van der Waals surface area contributed by atoms with E-state index in [2.05, 4.69) is 6.92 Å². The van der Waals surface area contributed by atoms with Crippen LogP contribution in [0.2, 0.25) is 0 Å². The van der Waals surface area contributed by atoms with E-state index in [0.29, 0.717) is 11.1 Å². The van der Waals surface area contributed by atoms with Gasteiger partial charge in [-0.05, 0) is 24.5 Å². The third-order valence-electron chi connectivity index (χ3n) is 11.3. The Morgan fingerprint density at radius 2 is 1.54 bits per heavy atom. The van der Waals surface area contributed by atoms with Gasteiger partial charge in [-0.25, -0.2) is 0 Å². The molecule has 0 bridgehead atoms. The standard InChI is InChI=1S/C34H54O7/c1-6-7-8-9-10-11-12-13-14-15-16-17-27(36)41-34-28(31(34,4)5)25-19-24(21-35)20-32(39)26(18-22(2)29(32)37)33(25,40)23(3)30(34)38/h18-19,23,25-26,28,30,35,38-40H,6-17,20-21H2,1-5H3/t23-,25+,26-,28-,30-,32-,33-,34+/m1/s1. The van der Waals surface area contributed by atoms with Crippen molar-refractivity contribution in [3.63, 3.8) is 0 Å². The Kier molecular flexibility index (Phi) is 9.65. The van der Waals surface area contributed by atoms with E-state index in [1.54, 1.807) is 26.0 Å². The zero-order valence-electron chi connectivity index (χ0n) is 26.0. The van der Waals surface area contributed by atoms with E-state index < -0.39 is 57.8 Å². The van der Waals surface area contributed by atoms with Crippen LogP contribution in [0.25, 0.3) is 0 Å². The topological polar surface area (TPSA) is 124 Å². The van der Waals surface area contributed by atoms with E-state index in [1.165, 1.54) is 51.4 Å². The molecule has 0 heterocycles. The van der Waals surface area contributed by atoms with Crippen LogP contribution in [0.4, 0.5) is 0 Å². The quantitative estimate of drug-likeness (QED) is 0.128. The van der Waals surface area contributed by atoms with E-state index in [0.717, 1.165) is 19.3 Å². The van der Waals surface area contributed by atoms with E-state index in [4.69, 9.17) is 4.74 Å². The number of hydrogen-bond donors (Lipinski definition) is 4. The molecule has 0 saturated heterocycles. The van der Waals surface area contributed by atoms with Gasteiger partial charge in [-0.2, -0.15) is 0 Å². The van der Waals surface area contributed by atoms with Crippen molar-refractivity contribution in [1.82, 2.24) is 0 Å². The summed E-state index contributed by atoms with van der Waals surface area (Å²) in [7, 11) is 0. The number of esters is 1. The highest BCUT2D eigenvalue weighted by Crippen LogP contribution is 2.76. The molecule has 2 fully saturated rings. The molecule has 7 nitrogen and oxygen atoms in total. The molecule has 0 spiro atoms. The van der Waals surface area contributed by atoms with Crippen LogP contribution in [0.15, 0.2) is 23.3 Å². The number of carbonyl (C=O) groups is 2. The van der Waals surface area contributed by atoms with Gasteiger partial charge in [-0.3, -0.25) is 9.59 Å². The molecular weight excluding hydrogens is 520 g/mol. The van der Waals surface area contributed by atoms with Crippen LogP contribution < -0.4 is 0 Å². The molecule has 41 heavy (non-hydrogen) atoms. The Bertz CT molecular complexity index is 1050. The fourth-order valence-electron chi connectivity index (χ4n) is 8.84. The molecule has 0 aromatic rings. The maximum absolute atomic E-state index is 13.1. The number of ether oxygens (including phenoxy) is 1. The number of rotatable bonds is 14. The predicted octanol–water partition coefficient (Wildman–Crippen LogP) is 5.18. The van der Waals surface area contributed by atoms with E-state index in [9.17, 15) is 30.0 Å². The van der Waals surface area contributed by atoms with Crippen molar-refractivity contribution in [2.75, 3.05) is 6.61 Å². The number of ketones is 1. The Morgan fingerprint density at radius 3 is 2.10 bits per heavy atom. The average molecular weight is 575 g/mol. The summed E-state index contributed by atoms with van der Waals surface area (Å²) in [6, 6.07) is 0. The smallest absolute Gasteiger partial charge is 0.306 e. The molecule has 0 unspecified atom stereocenters. The normalized spacial score (nSPS) is 38.8. The molecule has 0 aromatic carbocycles. The summed E-state index contributed by atoms with van der Waals surface area (Å²) in [6.45, 7) is 9.10. The summed E-state index contributed by atoms with van der Waals surface area (Å²) in [5.41, 5.74) is -4.54. The van der Waals surface area contributed by atoms with E-state index in [-0.39, 0.29) is 25.4 Å². The Hall–Kier alpha value is -1.54. The van der Waals surface area contributed by atoms with Gasteiger partial charge in [0.25, 0.3) is 0 Å². The number of aliphatic hydroxyl groups excluding tert-OH is 2. The molecule has 0 radical (unpaired) electrons. The van der Waals surface area contributed by atoms with Gasteiger partial charge in [0.15, 0.2) is 5.78 Å². The first-order valence-corrected chi connectivity index (χ1v) is 16.2. The van der Waals surface area contributed by atoms with Gasteiger partial charge in [0.2, 0.25) is 0 Å². The lowest BCUT2D eigenvalue weighted by Gasteiger charge is -2.52. The van der Waals surface area contributed by atoms with Crippen molar-refractivity contribution in [3.8, 4) is 0 Å². The minimum Gasteiger partial charge on any atom is -0.455 e. The molecule has 8 atom stereocenters. The number of carbonyl (C=O) groups excluding carboxylic acids is 2. The third kappa shape index (κ3) is 5.27. The molecule has 0 amide bonds.